The third-order valence-electron chi connectivity index (χ3n) is 5.79. The largest absolute Gasteiger partial charge is 0.356 e. The van der Waals surface area contributed by atoms with Gasteiger partial charge in [-0.2, -0.15) is 8.42 Å². The molecule has 0 radical (unpaired) electrons. The molecule has 7 heteroatoms. The smallest absolute Gasteiger partial charge is 0.285 e. The van der Waals surface area contributed by atoms with Gasteiger partial charge in [-0.05, 0) is 38.2 Å². The number of nitrogens with zero attached hydrogens (tertiary/aromatic N) is 2. The summed E-state index contributed by atoms with van der Waals surface area (Å²) >= 11 is 0. The third kappa shape index (κ3) is 3.52. The minimum absolute atomic E-state index is 0.172. The fourth-order valence-corrected chi connectivity index (χ4v) is 5.48. The lowest BCUT2D eigenvalue weighted by Gasteiger charge is -2.35. The summed E-state index contributed by atoms with van der Waals surface area (Å²) in [5, 5.41) is 3.16. The van der Waals surface area contributed by atoms with Crippen LogP contribution in [0.5, 0.6) is 0 Å². The number of amidine groups is 1. The molecule has 0 atom stereocenters. The number of hydrogen-bond acceptors (Lipinski definition) is 4. The van der Waals surface area contributed by atoms with Gasteiger partial charge in [-0.15, -0.1) is 4.40 Å². The molecule has 1 saturated heterocycles. The van der Waals surface area contributed by atoms with E-state index in [1.807, 2.05) is 30.0 Å². The molecule has 1 saturated carbocycles. The molecule has 2 aliphatic heterocycles. The lowest BCUT2D eigenvalue weighted by atomic mass is 9.84. The summed E-state index contributed by atoms with van der Waals surface area (Å²) in [6.45, 7) is 3.23. The van der Waals surface area contributed by atoms with Gasteiger partial charge in [0.25, 0.3) is 10.0 Å². The van der Waals surface area contributed by atoms with Crippen LogP contribution < -0.4 is 5.32 Å². The number of carbonyl (C=O) groups excluding carboxylic acids is 1. The normalized spacial score (nSPS) is 23.1. The Kier molecular flexibility index (Phi) is 4.80. The van der Waals surface area contributed by atoms with Gasteiger partial charge in [-0.3, -0.25) is 4.79 Å². The summed E-state index contributed by atoms with van der Waals surface area (Å²) in [7, 11) is -3.67. The van der Waals surface area contributed by atoms with E-state index in [0.717, 1.165) is 32.1 Å². The van der Waals surface area contributed by atoms with E-state index >= 15 is 0 Å². The third-order valence-corrected chi connectivity index (χ3v) is 7.26. The number of carbonyl (C=O) groups is 1. The number of nitrogens with one attached hydrogen (secondary N) is 1. The van der Waals surface area contributed by atoms with Crippen LogP contribution in [0.4, 0.5) is 0 Å². The van der Waals surface area contributed by atoms with Crippen LogP contribution in [0.1, 0.15) is 44.6 Å². The van der Waals surface area contributed by atoms with E-state index < -0.39 is 10.0 Å². The van der Waals surface area contributed by atoms with Crippen molar-refractivity contribution in [2.45, 2.75) is 45.1 Å². The van der Waals surface area contributed by atoms with Gasteiger partial charge in [-0.25, -0.2) is 0 Å². The Balaban J connectivity index is 1.45. The first-order chi connectivity index (χ1) is 13.0. The average Bonchev–Trinajstić information content (AvgIpc) is 2.84. The number of rotatable bonds is 3. The van der Waals surface area contributed by atoms with E-state index in [9.17, 15) is 13.2 Å². The van der Waals surface area contributed by atoms with Gasteiger partial charge in [0, 0.05) is 30.6 Å². The predicted molar refractivity (Wildman–Crippen MR) is 105 cm³/mol. The average molecular weight is 388 g/mol. The van der Waals surface area contributed by atoms with Crippen LogP contribution in [0.2, 0.25) is 0 Å². The van der Waals surface area contributed by atoms with Crippen LogP contribution in [0.3, 0.4) is 0 Å². The zero-order chi connectivity index (χ0) is 19.0. The number of hydrogen-bond donors (Lipinski definition) is 1. The number of piperidine rings is 1. The van der Waals surface area contributed by atoms with Gasteiger partial charge in [0.05, 0.1) is 0 Å². The summed E-state index contributed by atoms with van der Waals surface area (Å²) in [6.07, 6.45) is 4.79. The zero-order valence-electron chi connectivity index (χ0n) is 15.5. The first-order valence-corrected chi connectivity index (χ1v) is 11.1. The number of benzene rings is 1. The first kappa shape index (κ1) is 18.2. The van der Waals surface area contributed by atoms with Crippen molar-refractivity contribution in [3.63, 3.8) is 0 Å². The van der Waals surface area contributed by atoms with Crippen molar-refractivity contribution in [2.75, 3.05) is 13.1 Å². The molecular weight excluding hydrogens is 362 g/mol. The van der Waals surface area contributed by atoms with Crippen molar-refractivity contribution in [1.29, 1.82) is 0 Å². The highest BCUT2D eigenvalue weighted by Crippen LogP contribution is 2.34. The SMILES string of the molecule is CC1=C(c2ccccc2)S(=O)(=O)N=C1N1CCC(NC(=O)C2CCC2)CC1. The lowest BCUT2D eigenvalue weighted by Crippen LogP contribution is -2.48. The molecule has 2 heterocycles. The lowest BCUT2D eigenvalue weighted by molar-refractivity contribution is -0.128. The molecule has 1 N–H and O–H groups in total. The molecule has 0 spiro atoms. The van der Waals surface area contributed by atoms with Gasteiger partial charge in [0.2, 0.25) is 5.91 Å². The minimum Gasteiger partial charge on any atom is -0.356 e. The van der Waals surface area contributed by atoms with Crippen molar-refractivity contribution in [3.8, 4) is 0 Å². The van der Waals surface area contributed by atoms with Crippen molar-refractivity contribution in [1.82, 2.24) is 10.2 Å². The Morgan fingerprint density at radius 3 is 2.37 bits per heavy atom. The maximum Gasteiger partial charge on any atom is 0.285 e. The molecule has 144 valence electrons. The molecular formula is C20H25N3O3S. The monoisotopic (exact) mass is 387 g/mol. The maximum absolute atomic E-state index is 12.6. The van der Waals surface area contributed by atoms with Gasteiger partial charge in [-0.1, -0.05) is 36.8 Å². The van der Waals surface area contributed by atoms with E-state index in [2.05, 4.69) is 9.71 Å². The van der Waals surface area contributed by atoms with Crippen LogP contribution >= 0.6 is 0 Å². The summed E-state index contributed by atoms with van der Waals surface area (Å²) < 4.78 is 29.3. The number of amides is 1. The standard InChI is InChI=1S/C20H25N3O3S/c1-14-18(15-6-3-2-4-7-15)27(25,26)22-19(14)23-12-10-17(11-13-23)21-20(24)16-8-5-9-16/h2-4,6-7,16-17H,5,8-13H2,1H3,(H,21,24). The number of sulfonamides is 1. The fraction of sp³-hybridized carbons (Fsp3) is 0.500. The second-order valence-electron chi connectivity index (χ2n) is 7.61. The quantitative estimate of drug-likeness (QED) is 0.864. The van der Waals surface area contributed by atoms with Crippen molar-refractivity contribution >= 4 is 26.7 Å². The molecule has 4 rings (SSSR count). The number of likely N-dealkylation sites (tertiary alicyclic amines) is 1. The molecule has 1 aromatic rings. The molecule has 0 unspecified atom stereocenters. The van der Waals surface area contributed by atoms with Crippen LogP contribution in [0.25, 0.3) is 4.91 Å². The van der Waals surface area contributed by atoms with Crippen LogP contribution in [-0.2, 0) is 14.8 Å². The van der Waals surface area contributed by atoms with E-state index in [-0.39, 0.29) is 17.9 Å². The van der Waals surface area contributed by atoms with Gasteiger partial charge >= 0.3 is 0 Å². The topological polar surface area (TPSA) is 78.8 Å². The Morgan fingerprint density at radius 2 is 1.78 bits per heavy atom. The highest BCUT2D eigenvalue weighted by molar-refractivity contribution is 8.00. The molecule has 2 fully saturated rings. The highest BCUT2D eigenvalue weighted by atomic mass is 32.2. The first-order valence-electron chi connectivity index (χ1n) is 9.62. The highest BCUT2D eigenvalue weighted by Gasteiger charge is 2.35. The van der Waals surface area contributed by atoms with Crippen molar-refractivity contribution in [2.24, 2.45) is 10.3 Å². The molecule has 0 bridgehead atoms. The molecule has 6 nitrogen and oxygen atoms in total. The maximum atomic E-state index is 12.6. The van der Waals surface area contributed by atoms with Crippen LogP contribution in [0, 0.1) is 5.92 Å². The molecule has 3 aliphatic rings. The van der Waals surface area contributed by atoms with Gasteiger partial charge < -0.3 is 10.2 Å². The molecule has 27 heavy (non-hydrogen) atoms. The Labute approximate surface area is 160 Å². The van der Waals surface area contributed by atoms with Gasteiger partial charge in [0.15, 0.2) is 0 Å². The fourth-order valence-electron chi connectivity index (χ4n) is 4.00. The molecule has 1 amide bonds. The second kappa shape index (κ2) is 7.11. The van der Waals surface area contributed by atoms with Gasteiger partial charge in [0.1, 0.15) is 10.7 Å². The predicted octanol–water partition coefficient (Wildman–Crippen LogP) is 2.54. The summed E-state index contributed by atoms with van der Waals surface area (Å²) in [5.74, 6) is 0.937. The zero-order valence-corrected chi connectivity index (χ0v) is 16.3. The van der Waals surface area contributed by atoms with E-state index in [1.54, 1.807) is 12.1 Å². The van der Waals surface area contributed by atoms with E-state index in [0.29, 0.717) is 35.0 Å². The molecule has 1 aliphatic carbocycles. The van der Waals surface area contributed by atoms with Crippen molar-refractivity contribution in [3.05, 3.63) is 41.5 Å². The van der Waals surface area contributed by atoms with Crippen LogP contribution in [0.15, 0.2) is 40.3 Å². The molecule has 1 aromatic carbocycles. The minimum atomic E-state index is -3.67. The Hall–Kier alpha value is -2.15. The summed E-state index contributed by atoms with van der Waals surface area (Å²) in [4.78, 5) is 14.5. The van der Waals surface area contributed by atoms with E-state index in [1.165, 1.54) is 0 Å². The Bertz CT molecular complexity index is 894. The van der Waals surface area contributed by atoms with Crippen molar-refractivity contribution < 1.29 is 13.2 Å². The summed E-state index contributed by atoms with van der Waals surface area (Å²) in [5.41, 5.74) is 1.38. The molecule has 0 aromatic heterocycles. The van der Waals surface area contributed by atoms with E-state index in [4.69, 9.17) is 0 Å². The summed E-state index contributed by atoms with van der Waals surface area (Å²) in [6, 6.07) is 9.31. The van der Waals surface area contributed by atoms with Crippen LogP contribution in [-0.4, -0.2) is 44.2 Å². The second-order valence-corrected chi connectivity index (χ2v) is 9.15. The Morgan fingerprint density at radius 1 is 1.11 bits per heavy atom.